The first-order valence-corrected chi connectivity index (χ1v) is 24.1. The normalized spacial score (nSPS) is 12.8. The van der Waals surface area contributed by atoms with Crippen LogP contribution in [0.25, 0.3) is 0 Å². The smallest absolute Gasteiger partial charge is 0.315 e. The van der Waals surface area contributed by atoms with E-state index >= 15 is 0 Å². The molecule has 34 heavy (non-hydrogen) atoms. The molecule has 0 aromatic carbocycles. The third kappa shape index (κ3) is 37.5. The van der Waals surface area contributed by atoms with Gasteiger partial charge in [-0.1, -0.05) is 99.4 Å². The zero-order chi connectivity index (χ0) is 19.9. The number of hydrogen-bond donors (Lipinski definition) is 0. The van der Waals surface area contributed by atoms with Crippen LogP contribution < -0.4 is 0 Å². The van der Waals surface area contributed by atoms with E-state index < -0.39 is 43.0 Å². The van der Waals surface area contributed by atoms with Crippen molar-refractivity contribution in [3.8, 4) is 0 Å². The van der Waals surface area contributed by atoms with Crippen LogP contribution in [-0.2, 0) is 16.5 Å². The number of hydrogen-bond acceptors (Lipinski definition) is 4. The quantitative estimate of drug-likeness (QED) is 0.159. The summed E-state index contributed by atoms with van der Waals surface area (Å²) in [6.45, 7) is 24.4. The Bertz CT molecular complexity index is 386. The van der Waals surface area contributed by atoms with E-state index in [2.05, 4.69) is 72.4 Å². The summed E-state index contributed by atoms with van der Waals surface area (Å²) in [5, 5.41) is 0. The van der Waals surface area contributed by atoms with Crippen molar-refractivity contribution in [3.63, 3.8) is 0 Å². The Morgan fingerprint density at radius 3 is 1.26 bits per heavy atom. The molecule has 0 aromatic heterocycles. The van der Waals surface area contributed by atoms with Gasteiger partial charge in [-0.05, 0) is 71.5 Å². The van der Waals surface area contributed by atoms with E-state index in [0.717, 1.165) is 6.04 Å². The Morgan fingerprint density at radius 2 is 0.941 bits per heavy atom. The molecule has 0 amide bonds. The van der Waals surface area contributed by atoms with Crippen molar-refractivity contribution >= 4 is 43.0 Å². The van der Waals surface area contributed by atoms with Gasteiger partial charge in [0.1, 0.15) is 0 Å². The topological polar surface area (TPSA) is 36.9 Å². The highest BCUT2D eigenvalue weighted by Gasteiger charge is 2.43. The molecule has 2 atom stereocenters. The summed E-state index contributed by atoms with van der Waals surface area (Å²) < 4.78 is 25.9. The Hall–Kier alpha value is 0.924. The summed E-state index contributed by atoms with van der Waals surface area (Å²) in [7, 11) is -9.33. The molecule has 0 radical (unpaired) electrons. The first-order chi connectivity index (χ1) is 11.1. The van der Waals surface area contributed by atoms with Crippen molar-refractivity contribution in [1.82, 2.24) is 0 Å². The minimum atomic E-state index is -2.25. The summed E-state index contributed by atoms with van der Waals surface area (Å²) in [6, 6.07) is 1.07. The molecule has 0 fully saturated rings. The maximum absolute atomic E-state index is 6.71. The molecule has 0 spiro atoms. The van der Waals surface area contributed by atoms with Gasteiger partial charge in [-0.15, -0.1) is 0 Å². The molecule has 0 saturated carbocycles. The van der Waals surface area contributed by atoms with Gasteiger partial charge >= 0.3 is 17.1 Å². The summed E-state index contributed by atoms with van der Waals surface area (Å²) >= 11 is 0. The van der Waals surface area contributed by atoms with Gasteiger partial charge in [-0.25, -0.2) is 0 Å². The van der Waals surface area contributed by atoms with Crippen molar-refractivity contribution < 1.29 is 16.5 Å². The average molecular weight is 585 g/mol. The molecule has 0 aliphatic carbocycles. The van der Waals surface area contributed by atoms with E-state index in [1.165, 1.54) is 25.7 Å². The zero-order valence-electron chi connectivity index (χ0n) is 18.7. The Balaban J connectivity index is -0.0000000800. The van der Waals surface area contributed by atoms with Gasteiger partial charge in [-0.2, -0.15) is 0 Å². The fraction of sp³-hybridized carbons (Fsp3) is 1.00. The SMILES string of the molecule is C.C.C.C.C.C.C.C.C.CCCCCC[Si](C)(O[Si](C)(C)C)O[Si](C)(C)O[SiH](C)O[Si](C)(C)C. The average Bonchev–Trinajstić information content (AvgIpc) is 2.27. The number of rotatable bonds is 13. The van der Waals surface area contributed by atoms with Crippen LogP contribution in [0.4, 0.5) is 0 Å². The second kappa shape index (κ2) is 27.0. The summed E-state index contributed by atoms with van der Waals surface area (Å²) in [6.07, 6.45) is 5.02. The minimum absolute atomic E-state index is 0. The first kappa shape index (κ1) is 64.7. The molecule has 224 valence electrons. The van der Waals surface area contributed by atoms with Crippen LogP contribution in [-0.4, -0.2) is 43.0 Å². The molecule has 0 aliphatic rings. The first-order valence-electron chi connectivity index (χ1n) is 9.83. The van der Waals surface area contributed by atoms with Crippen molar-refractivity contribution in [3.05, 3.63) is 0 Å². The Labute approximate surface area is 229 Å². The zero-order valence-corrected chi connectivity index (χ0v) is 23.9. The molecule has 0 N–H and O–H groups in total. The predicted octanol–water partition coefficient (Wildman–Crippen LogP) is 11.7. The van der Waals surface area contributed by atoms with Gasteiger partial charge in [0.2, 0.25) is 0 Å². The lowest BCUT2D eigenvalue weighted by atomic mass is 10.2. The number of unbranched alkanes of at least 4 members (excludes halogenated alkanes) is 3. The van der Waals surface area contributed by atoms with Crippen molar-refractivity contribution in [2.75, 3.05) is 0 Å². The molecular formula is C25H80O4Si5. The van der Waals surface area contributed by atoms with Gasteiger partial charge in [0.15, 0.2) is 16.6 Å². The summed E-state index contributed by atoms with van der Waals surface area (Å²) in [4.78, 5) is 0. The van der Waals surface area contributed by atoms with Crippen LogP contribution in [0, 0.1) is 0 Å². The summed E-state index contributed by atoms with van der Waals surface area (Å²) in [5.74, 6) is 0. The minimum Gasteiger partial charge on any atom is -0.439 e. The Morgan fingerprint density at radius 1 is 0.529 bits per heavy atom. The monoisotopic (exact) mass is 584 g/mol. The fourth-order valence-corrected chi connectivity index (χ4v) is 23.1. The highest BCUT2D eigenvalue weighted by Crippen LogP contribution is 2.27. The highest BCUT2D eigenvalue weighted by molar-refractivity contribution is 6.88. The third-order valence-corrected chi connectivity index (χ3v) is 20.3. The highest BCUT2D eigenvalue weighted by atomic mass is 28.5. The molecule has 0 saturated heterocycles. The molecule has 9 heteroatoms. The van der Waals surface area contributed by atoms with E-state index in [9.17, 15) is 0 Å². The van der Waals surface area contributed by atoms with E-state index in [0.29, 0.717) is 0 Å². The van der Waals surface area contributed by atoms with E-state index in [-0.39, 0.29) is 66.8 Å². The lowest BCUT2D eigenvalue weighted by Crippen LogP contribution is -2.56. The Kier molecular flexibility index (Phi) is 51.3. The van der Waals surface area contributed by atoms with Crippen LogP contribution in [0.3, 0.4) is 0 Å². The molecule has 0 bridgehead atoms. The largest absolute Gasteiger partial charge is 0.439 e. The van der Waals surface area contributed by atoms with Gasteiger partial charge in [-0.3, -0.25) is 0 Å². The van der Waals surface area contributed by atoms with Gasteiger partial charge in [0.05, 0.1) is 0 Å². The molecule has 4 nitrogen and oxygen atoms in total. The van der Waals surface area contributed by atoms with Crippen molar-refractivity contribution in [2.45, 2.75) is 171 Å². The van der Waals surface area contributed by atoms with Crippen LogP contribution in [0.1, 0.15) is 99.4 Å². The third-order valence-electron chi connectivity index (χ3n) is 3.44. The molecule has 0 aromatic rings. The lowest BCUT2D eigenvalue weighted by Gasteiger charge is -2.40. The van der Waals surface area contributed by atoms with Gasteiger partial charge in [0, 0.05) is 0 Å². The van der Waals surface area contributed by atoms with Crippen LogP contribution in [0.5, 0.6) is 0 Å². The molecular weight excluding hydrogens is 505 g/mol. The molecule has 0 aliphatic heterocycles. The second-order valence-electron chi connectivity index (χ2n) is 9.58. The molecule has 0 heterocycles. The fourth-order valence-electron chi connectivity index (χ4n) is 3.11. The van der Waals surface area contributed by atoms with E-state index in [4.69, 9.17) is 16.5 Å². The predicted molar refractivity (Wildman–Crippen MR) is 183 cm³/mol. The second-order valence-corrected chi connectivity index (χ2v) is 28.2. The van der Waals surface area contributed by atoms with Crippen molar-refractivity contribution in [1.29, 1.82) is 0 Å². The summed E-state index contributed by atoms with van der Waals surface area (Å²) in [5.41, 5.74) is 0. The lowest BCUT2D eigenvalue weighted by molar-refractivity contribution is 0.305. The van der Waals surface area contributed by atoms with Gasteiger partial charge in [0.25, 0.3) is 9.28 Å². The maximum Gasteiger partial charge on any atom is 0.315 e. The van der Waals surface area contributed by atoms with Gasteiger partial charge < -0.3 is 16.5 Å². The standard InChI is InChI=1S/C16H44O4Si5.9CH4/c1-12-13-14-15-16-25(11,19-23(6,7)8)20-24(9,10)18-21(2)17-22(3,4)5;;;;;;;;;/h21H,12-16H2,1-11H3;9*1H4. The van der Waals surface area contributed by atoms with Crippen molar-refractivity contribution in [2.24, 2.45) is 0 Å². The van der Waals surface area contributed by atoms with Crippen LogP contribution in [0.15, 0.2) is 0 Å². The van der Waals surface area contributed by atoms with Crippen LogP contribution >= 0.6 is 0 Å². The molecule has 0 rings (SSSR count). The maximum atomic E-state index is 6.71. The van der Waals surface area contributed by atoms with E-state index in [1.54, 1.807) is 0 Å². The van der Waals surface area contributed by atoms with Crippen LogP contribution in [0.2, 0.25) is 71.5 Å². The molecule has 2 unspecified atom stereocenters. The van der Waals surface area contributed by atoms with E-state index in [1.807, 2.05) is 0 Å².